The molecule has 0 heteroatoms. The van der Waals surface area contributed by atoms with Crippen LogP contribution < -0.4 is 0 Å². The molecule has 0 aromatic heterocycles. The first kappa shape index (κ1) is 25.2. The van der Waals surface area contributed by atoms with E-state index in [2.05, 4.69) is 81.7 Å². The predicted octanol–water partition coefficient (Wildman–Crippen LogP) is 8.67. The van der Waals surface area contributed by atoms with Crippen molar-refractivity contribution in [1.82, 2.24) is 0 Å². The van der Waals surface area contributed by atoms with E-state index in [1.807, 2.05) is 0 Å². The van der Waals surface area contributed by atoms with Gasteiger partial charge in [0, 0.05) is 0 Å². The van der Waals surface area contributed by atoms with E-state index in [-0.39, 0.29) is 0 Å². The fourth-order valence-electron chi connectivity index (χ4n) is 3.15. The Kier molecular flexibility index (Phi) is 12.1. The molecular formula is C24H44. The molecule has 0 fully saturated rings. The van der Waals surface area contributed by atoms with E-state index in [9.17, 15) is 0 Å². The summed E-state index contributed by atoms with van der Waals surface area (Å²) in [6, 6.07) is 0. The van der Waals surface area contributed by atoms with E-state index in [0.717, 1.165) is 12.8 Å². The molecule has 0 bridgehead atoms. The van der Waals surface area contributed by atoms with Crippen LogP contribution in [0.15, 0.2) is 48.6 Å². The summed E-state index contributed by atoms with van der Waals surface area (Å²) in [5.74, 6) is 0. The second kappa shape index (κ2) is 11.5. The number of rotatable bonds is 5. The van der Waals surface area contributed by atoms with Gasteiger partial charge < -0.3 is 0 Å². The number of hydrogen-bond donors (Lipinski definition) is 0. The molecule has 140 valence electrons. The van der Waals surface area contributed by atoms with Crippen LogP contribution in [0.2, 0.25) is 0 Å². The molecule has 0 N–H and O–H groups in total. The molecule has 24 heavy (non-hydrogen) atoms. The average Bonchev–Trinajstić information content (AvgIpc) is 2.43. The molecule has 0 aliphatic heterocycles. The van der Waals surface area contributed by atoms with E-state index < -0.39 is 0 Å². The summed E-state index contributed by atoms with van der Waals surface area (Å²) >= 11 is 0. The molecule has 0 unspecified atom stereocenters. The van der Waals surface area contributed by atoms with Crippen molar-refractivity contribution in [2.24, 2.45) is 10.8 Å². The minimum Gasteiger partial charge on any atom is -0.106 e. The summed E-state index contributed by atoms with van der Waals surface area (Å²) in [4.78, 5) is 0. The predicted molar refractivity (Wildman–Crippen MR) is 115 cm³/mol. The summed E-state index contributed by atoms with van der Waals surface area (Å²) in [7, 11) is 0. The van der Waals surface area contributed by atoms with Crippen LogP contribution in [0.4, 0.5) is 0 Å². The van der Waals surface area contributed by atoms with Crippen molar-refractivity contribution in [2.45, 2.75) is 93.9 Å². The van der Waals surface area contributed by atoms with Crippen LogP contribution in [0, 0.1) is 10.8 Å². The lowest BCUT2D eigenvalue weighted by Crippen LogP contribution is -2.16. The Bertz CT molecular complexity index is 429. The van der Waals surface area contributed by atoms with Crippen LogP contribution >= 0.6 is 0 Å². The maximum absolute atomic E-state index is 3.94. The molecule has 0 saturated carbocycles. The van der Waals surface area contributed by atoms with Gasteiger partial charge in [-0.2, -0.15) is 0 Å². The first-order chi connectivity index (χ1) is 10.8. The van der Waals surface area contributed by atoms with E-state index >= 15 is 0 Å². The third kappa shape index (κ3) is 13.4. The van der Waals surface area contributed by atoms with Crippen LogP contribution in [0.5, 0.6) is 0 Å². The smallest absolute Gasteiger partial charge is 0.0269 e. The van der Waals surface area contributed by atoms with Gasteiger partial charge in [-0.25, -0.2) is 0 Å². The van der Waals surface area contributed by atoms with Gasteiger partial charge in [-0.3, -0.25) is 0 Å². The molecule has 1 aliphatic carbocycles. The Hall–Kier alpha value is -1.04. The average molecular weight is 333 g/mol. The Morgan fingerprint density at radius 1 is 1.00 bits per heavy atom. The molecule has 0 atom stereocenters. The lowest BCUT2D eigenvalue weighted by molar-refractivity contribution is 0.314. The quantitative estimate of drug-likeness (QED) is 0.442. The van der Waals surface area contributed by atoms with Crippen molar-refractivity contribution in [1.29, 1.82) is 0 Å². The van der Waals surface area contributed by atoms with E-state index in [0.29, 0.717) is 10.8 Å². The van der Waals surface area contributed by atoms with Crippen LogP contribution in [-0.2, 0) is 0 Å². The number of allylic oxidation sites excluding steroid dienone is 4. The lowest BCUT2D eigenvalue weighted by atomic mass is 9.75. The molecule has 0 saturated heterocycles. The van der Waals surface area contributed by atoms with Crippen molar-refractivity contribution in [3.63, 3.8) is 0 Å². The molecule has 0 radical (unpaired) electrons. The molecule has 1 aliphatic rings. The normalized spacial score (nSPS) is 16.3. The fraction of sp³-hybridized carbons (Fsp3) is 0.667. The van der Waals surface area contributed by atoms with Crippen LogP contribution in [0.3, 0.4) is 0 Å². The molecule has 1 rings (SSSR count). The summed E-state index contributed by atoms with van der Waals surface area (Å²) in [5.41, 5.74) is 6.77. The number of hydrogen-bond acceptors (Lipinski definition) is 0. The zero-order chi connectivity index (χ0) is 19.6. The van der Waals surface area contributed by atoms with Gasteiger partial charge in [0.05, 0.1) is 0 Å². The molecule has 0 aromatic carbocycles. The van der Waals surface area contributed by atoms with Crippen LogP contribution in [-0.4, -0.2) is 0 Å². The fourth-order valence-corrected chi connectivity index (χ4v) is 3.15. The lowest BCUT2D eigenvalue weighted by Gasteiger charge is -2.30. The first-order valence-corrected chi connectivity index (χ1v) is 9.29. The molecule has 0 nitrogen and oxygen atoms in total. The summed E-state index contributed by atoms with van der Waals surface area (Å²) in [5, 5.41) is 0. The monoisotopic (exact) mass is 332 g/mol. The van der Waals surface area contributed by atoms with Crippen molar-refractivity contribution < 1.29 is 0 Å². The maximum atomic E-state index is 3.94. The minimum atomic E-state index is 0.394. The maximum Gasteiger partial charge on any atom is -0.0269 e. The standard InChI is InChI=1S/C12H22.C10H18.C2H4/c1-10(2)7-8-12(5,6)9-11(3)4;1-8-5-6-10(3,4)7-9(8)2;1-2/h1,3,7-9H2,2,4-6H3;5-7H2,1-4H3;1-2H2. The first-order valence-electron chi connectivity index (χ1n) is 9.29. The highest BCUT2D eigenvalue weighted by Crippen LogP contribution is 2.37. The largest absolute Gasteiger partial charge is 0.106 e. The Morgan fingerprint density at radius 3 is 1.83 bits per heavy atom. The molecule has 0 spiro atoms. The van der Waals surface area contributed by atoms with Gasteiger partial charge in [0.25, 0.3) is 0 Å². The second-order valence-corrected chi connectivity index (χ2v) is 9.16. The molecule has 0 amide bonds. The zero-order valence-corrected chi connectivity index (χ0v) is 18.1. The van der Waals surface area contributed by atoms with Gasteiger partial charge >= 0.3 is 0 Å². The summed E-state index contributed by atoms with van der Waals surface area (Å²) in [6.45, 7) is 31.9. The third-order valence-electron chi connectivity index (χ3n) is 4.66. The Morgan fingerprint density at radius 2 is 1.50 bits per heavy atom. The van der Waals surface area contributed by atoms with Gasteiger partial charge in [0.1, 0.15) is 0 Å². The van der Waals surface area contributed by atoms with E-state index in [4.69, 9.17) is 0 Å². The van der Waals surface area contributed by atoms with Gasteiger partial charge in [-0.1, -0.05) is 50.0 Å². The molecular weight excluding hydrogens is 288 g/mol. The van der Waals surface area contributed by atoms with Crippen molar-refractivity contribution in [2.75, 3.05) is 0 Å². The van der Waals surface area contributed by atoms with Gasteiger partial charge in [-0.15, -0.1) is 26.3 Å². The van der Waals surface area contributed by atoms with Crippen molar-refractivity contribution in [3.8, 4) is 0 Å². The minimum absolute atomic E-state index is 0.394. The van der Waals surface area contributed by atoms with Gasteiger partial charge in [0.2, 0.25) is 0 Å². The topological polar surface area (TPSA) is 0 Å². The van der Waals surface area contributed by atoms with Gasteiger partial charge in [-0.05, 0) is 77.0 Å². The van der Waals surface area contributed by atoms with Crippen LogP contribution in [0.25, 0.3) is 0 Å². The van der Waals surface area contributed by atoms with Gasteiger partial charge in [0.15, 0.2) is 0 Å². The Labute approximate surface area is 153 Å². The highest BCUT2D eigenvalue weighted by Gasteiger charge is 2.22. The molecule has 0 aromatic rings. The Balaban J connectivity index is 0. The third-order valence-corrected chi connectivity index (χ3v) is 4.66. The highest BCUT2D eigenvalue weighted by atomic mass is 14.3. The van der Waals surface area contributed by atoms with E-state index in [1.165, 1.54) is 36.8 Å². The second-order valence-electron chi connectivity index (χ2n) is 9.16. The highest BCUT2D eigenvalue weighted by molar-refractivity contribution is 5.15. The summed E-state index contributed by atoms with van der Waals surface area (Å²) < 4.78 is 0. The zero-order valence-electron chi connectivity index (χ0n) is 18.1. The summed E-state index contributed by atoms with van der Waals surface area (Å²) in [6.07, 6.45) is 7.48. The molecule has 0 heterocycles. The van der Waals surface area contributed by atoms with Crippen molar-refractivity contribution >= 4 is 0 Å². The van der Waals surface area contributed by atoms with Crippen molar-refractivity contribution in [3.05, 3.63) is 48.6 Å². The SMILES string of the molecule is C=C.C=C(C)CCC(C)(C)CC(=C)C.CC1=C(C)CC(C)(C)CC1. The van der Waals surface area contributed by atoms with Crippen LogP contribution in [0.1, 0.15) is 93.9 Å². The van der Waals surface area contributed by atoms with E-state index in [1.54, 1.807) is 11.1 Å².